The number of hydrogen-bond acceptors (Lipinski definition) is 5. The molecule has 2 N–H and O–H groups in total. The number of urea groups is 1. The van der Waals surface area contributed by atoms with E-state index >= 15 is 0 Å². The van der Waals surface area contributed by atoms with Gasteiger partial charge in [0.05, 0.1) is 23.8 Å². The molecule has 0 bridgehead atoms. The molecular weight excluding hydrogens is 466 g/mol. The molecule has 0 aromatic heterocycles. The summed E-state index contributed by atoms with van der Waals surface area (Å²) in [4.78, 5) is 23.9. The van der Waals surface area contributed by atoms with Gasteiger partial charge in [0.2, 0.25) is 0 Å². The molecule has 2 aliphatic rings. The van der Waals surface area contributed by atoms with Gasteiger partial charge >= 0.3 is 6.03 Å². The Morgan fingerprint density at radius 1 is 1.27 bits per heavy atom. The summed E-state index contributed by atoms with van der Waals surface area (Å²) in [5.41, 5.74) is 5.22. The molecule has 1 fully saturated rings. The third-order valence-corrected chi connectivity index (χ3v) is 6.86. The van der Waals surface area contributed by atoms with E-state index in [1.807, 2.05) is 45.0 Å². The maximum Gasteiger partial charge on any atom is 0.317 e. The number of rotatable bonds is 5. The summed E-state index contributed by atoms with van der Waals surface area (Å²) in [5.74, 6) is 1.17. The summed E-state index contributed by atoms with van der Waals surface area (Å²) in [6, 6.07) is 13.6. The zero-order valence-electron chi connectivity index (χ0n) is 22.0. The molecule has 0 radical (unpaired) electrons. The first kappa shape index (κ1) is 26.4. The van der Waals surface area contributed by atoms with Crippen LogP contribution >= 0.6 is 0 Å². The topological polar surface area (TPSA) is 110 Å². The van der Waals surface area contributed by atoms with Crippen molar-refractivity contribution in [1.82, 2.24) is 10.2 Å². The van der Waals surface area contributed by atoms with Gasteiger partial charge in [-0.15, -0.1) is 0 Å². The second kappa shape index (κ2) is 11.6. The molecule has 8 heteroatoms. The van der Waals surface area contributed by atoms with Gasteiger partial charge in [0.25, 0.3) is 0 Å². The van der Waals surface area contributed by atoms with Gasteiger partial charge in [-0.25, -0.2) is 9.79 Å². The Balaban J connectivity index is 1.55. The number of nitrogens with zero attached hydrogens (tertiary/aromatic N) is 4. The lowest BCUT2D eigenvalue weighted by atomic mass is 10.0. The van der Waals surface area contributed by atoms with E-state index in [0.29, 0.717) is 30.2 Å². The van der Waals surface area contributed by atoms with Gasteiger partial charge in [0.1, 0.15) is 11.8 Å². The van der Waals surface area contributed by atoms with Crippen molar-refractivity contribution in [2.75, 3.05) is 20.1 Å². The third-order valence-electron chi connectivity index (χ3n) is 6.86. The van der Waals surface area contributed by atoms with Crippen LogP contribution in [0.5, 0.6) is 5.75 Å². The molecule has 1 aliphatic carbocycles. The minimum absolute atomic E-state index is 0.0215. The first-order valence-corrected chi connectivity index (χ1v) is 12.9. The van der Waals surface area contributed by atoms with E-state index in [1.165, 1.54) is 0 Å². The highest BCUT2D eigenvalue weighted by atomic mass is 16.5. The van der Waals surface area contributed by atoms with Crippen molar-refractivity contribution in [2.24, 2.45) is 9.98 Å². The fourth-order valence-electron chi connectivity index (χ4n) is 5.05. The monoisotopic (exact) mass is 501 g/mol. The Bertz CT molecular complexity index is 1260. The molecule has 1 saturated heterocycles. The van der Waals surface area contributed by atoms with Gasteiger partial charge in [0, 0.05) is 31.4 Å². The summed E-state index contributed by atoms with van der Waals surface area (Å²) in [7, 11) is 1.72. The number of ether oxygens (including phenoxy) is 1. The summed E-state index contributed by atoms with van der Waals surface area (Å²) >= 11 is 0. The maximum atomic E-state index is 12.8. The van der Waals surface area contributed by atoms with Crippen molar-refractivity contribution in [3.63, 3.8) is 0 Å². The molecule has 0 saturated carbocycles. The van der Waals surface area contributed by atoms with Crippen LogP contribution in [0.3, 0.4) is 0 Å². The normalized spacial score (nSPS) is 20.0. The lowest BCUT2D eigenvalue weighted by Crippen LogP contribution is -2.47. The fourth-order valence-corrected chi connectivity index (χ4v) is 5.05. The fraction of sp³-hybridized carbons (Fsp3) is 0.448. The highest BCUT2D eigenvalue weighted by Gasteiger charge is 2.30. The zero-order chi connectivity index (χ0) is 26.5. The van der Waals surface area contributed by atoms with Crippen LogP contribution in [0.4, 0.5) is 4.79 Å². The molecule has 2 atom stereocenters. The average Bonchev–Trinajstić information content (AvgIpc) is 3.30. The van der Waals surface area contributed by atoms with Crippen molar-refractivity contribution in [3.8, 4) is 11.8 Å². The van der Waals surface area contributed by atoms with Gasteiger partial charge in [-0.1, -0.05) is 18.2 Å². The number of amidine groups is 1. The number of aliphatic imine (C=N–C) groups is 2. The molecule has 1 unspecified atom stereocenters. The molecule has 37 heavy (non-hydrogen) atoms. The van der Waals surface area contributed by atoms with Gasteiger partial charge < -0.3 is 20.1 Å². The van der Waals surface area contributed by atoms with E-state index < -0.39 is 6.10 Å². The predicted molar refractivity (Wildman–Crippen MR) is 144 cm³/mol. The number of hydrogen-bond donors (Lipinski definition) is 2. The van der Waals surface area contributed by atoms with Crippen LogP contribution in [0.1, 0.15) is 73.9 Å². The molecule has 1 aliphatic heterocycles. The average molecular weight is 502 g/mol. The number of carbonyl (C=O) groups excluding carboxylic acids is 1. The summed E-state index contributed by atoms with van der Waals surface area (Å²) < 4.78 is 5.74. The molecule has 0 spiro atoms. The Morgan fingerprint density at radius 2 is 2.08 bits per heavy atom. The van der Waals surface area contributed by atoms with Gasteiger partial charge in [-0.05, 0) is 81.3 Å². The van der Waals surface area contributed by atoms with Gasteiger partial charge in [0.15, 0.2) is 5.84 Å². The summed E-state index contributed by atoms with van der Waals surface area (Å²) in [6.07, 6.45) is 2.70. The molecule has 8 nitrogen and oxygen atoms in total. The number of benzene rings is 2. The number of fused-ring (bicyclic) bond motifs is 1. The van der Waals surface area contributed by atoms with Crippen molar-refractivity contribution in [3.05, 3.63) is 64.2 Å². The van der Waals surface area contributed by atoms with E-state index in [2.05, 4.69) is 22.4 Å². The quantitative estimate of drug-likeness (QED) is 0.468. The van der Waals surface area contributed by atoms with E-state index in [1.54, 1.807) is 18.0 Å². The number of likely N-dealkylation sites (tertiary alicyclic amines) is 1. The van der Waals surface area contributed by atoms with Crippen molar-refractivity contribution >= 4 is 17.6 Å². The van der Waals surface area contributed by atoms with Crippen LogP contribution in [0.25, 0.3) is 0 Å². The van der Waals surface area contributed by atoms with Crippen LogP contribution in [-0.2, 0) is 6.42 Å². The number of aliphatic hydroxyl groups is 1. The SMILES string of the molecule is CN=C(N=C(C)c1ccc(OC(C)C)c(C#N)c1)c1cccc2c1CCC2NC(=O)N1CCC[C@H](O)C1. The molecular formula is C29H35N5O3. The van der Waals surface area contributed by atoms with E-state index in [9.17, 15) is 15.2 Å². The van der Waals surface area contributed by atoms with Gasteiger partial charge in [-0.3, -0.25) is 4.99 Å². The lowest BCUT2D eigenvalue weighted by Gasteiger charge is -2.31. The Hall–Kier alpha value is -3.70. The highest BCUT2D eigenvalue weighted by Crippen LogP contribution is 2.34. The Morgan fingerprint density at radius 3 is 2.78 bits per heavy atom. The van der Waals surface area contributed by atoms with Crippen LogP contribution in [-0.4, -0.2) is 59.9 Å². The number of nitriles is 1. The number of aliphatic hydroxyl groups excluding tert-OH is 1. The van der Waals surface area contributed by atoms with Crippen LogP contribution in [0.15, 0.2) is 46.4 Å². The molecule has 2 amide bonds. The third kappa shape index (κ3) is 6.00. The van der Waals surface area contributed by atoms with Gasteiger partial charge in [-0.2, -0.15) is 5.26 Å². The van der Waals surface area contributed by atoms with E-state index in [4.69, 9.17) is 9.73 Å². The summed E-state index contributed by atoms with van der Waals surface area (Å²) in [6.45, 7) is 6.81. The van der Waals surface area contributed by atoms with Crippen molar-refractivity contribution < 1.29 is 14.6 Å². The van der Waals surface area contributed by atoms with Crippen molar-refractivity contribution in [1.29, 1.82) is 5.26 Å². The Kier molecular flexibility index (Phi) is 8.24. The Labute approximate surface area is 218 Å². The van der Waals surface area contributed by atoms with Crippen LogP contribution in [0, 0.1) is 11.3 Å². The zero-order valence-corrected chi connectivity index (χ0v) is 22.0. The molecule has 2 aromatic carbocycles. The predicted octanol–water partition coefficient (Wildman–Crippen LogP) is 4.38. The summed E-state index contributed by atoms with van der Waals surface area (Å²) in [5, 5.41) is 22.7. The maximum absolute atomic E-state index is 12.8. The number of carbonyl (C=O) groups is 1. The highest BCUT2D eigenvalue weighted by molar-refractivity contribution is 6.12. The minimum Gasteiger partial charge on any atom is -0.490 e. The number of nitrogens with one attached hydrogen (secondary N) is 1. The van der Waals surface area contributed by atoms with E-state index in [0.717, 1.165) is 53.6 Å². The molecule has 194 valence electrons. The van der Waals surface area contributed by atoms with Crippen LogP contribution < -0.4 is 10.1 Å². The molecule has 4 rings (SSSR count). The van der Waals surface area contributed by atoms with E-state index in [-0.39, 0.29) is 18.2 Å². The smallest absolute Gasteiger partial charge is 0.317 e. The number of β-amino-alcohol motifs (C(OH)–C–C–N with tert-alkyl or cyclic N) is 1. The largest absolute Gasteiger partial charge is 0.490 e. The second-order valence-corrected chi connectivity index (χ2v) is 9.89. The first-order chi connectivity index (χ1) is 17.8. The number of piperidine rings is 1. The minimum atomic E-state index is -0.449. The molecule has 1 heterocycles. The standard InChI is InChI=1S/C29H35N5O3/c1-18(2)37-27-13-10-20(15-21(27)16-30)19(3)32-28(31-4)25-9-5-8-24-23(25)11-12-26(24)33-29(36)34-14-6-7-22(35)17-34/h5,8-10,13,15,18,22,26,35H,6-7,11-12,14,17H2,1-4H3,(H,33,36)/t22-,26?/m0/s1. The second-order valence-electron chi connectivity index (χ2n) is 9.89. The first-order valence-electron chi connectivity index (χ1n) is 12.9. The lowest BCUT2D eigenvalue weighted by molar-refractivity contribution is 0.0833. The molecule has 2 aromatic rings. The van der Waals surface area contributed by atoms with Crippen LogP contribution in [0.2, 0.25) is 0 Å². The number of amides is 2. The van der Waals surface area contributed by atoms with Crippen molar-refractivity contribution in [2.45, 2.75) is 64.7 Å².